The van der Waals surface area contributed by atoms with E-state index in [0.29, 0.717) is 21.8 Å². The number of fused-ring (bicyclic) bond motifs is 1. The molecule has 6 heteroatoms. The minimum Gasteiger partial charge on any atom is -0.467 e. The molecule has 0 atom stereocenters. The van der Waals surface area contributed by atoms with Crippen molar-refractivity contribution >= 4 is 17.3 Å². The minimum atomic E-state index is -0.400. The Balaban J connectivity index is 1.75. The lowest BCUT2D eigenvalue weighted by atomic mass is 10.1. The van der Waals surface area contributed by atoms with E-state index in [0.717, 1.165) is 12.0 Å². The van der Waals surface area contributed by atoms with E-state index in [1.54, 1.807) is 0 Å². The summed E-state index contributed by atoms with van der Waals surface area (Å²) in [7, 11) is 0. The zero-order chi connectivity index (χ0) is 16.4. The Morgan fingerprint density at radius 3 is 2.96 bits per heavy atom. The average Bonchev–Trinajstić information content (AvgIpc) is 2.93. The summed E-state index contributed by atoms with van der Waals surface area (Å²) in [5.41, 5.74) is 2.23. The molecule has 2 heterocycles. The van der Waals surface area contributed by atoms with Crippen LogP contribution in [0, 0.1) is 12.7 Å². The molecule has 23 heavy (non-hydrogen) atoms. The molecule has 3 rings (SSSR count). The highest BCUT2D eigenvalue weighted by Crippen LogP contribution is 2.30. The molecule has 0 fully saturated rings. The summed E-state index contributed by atoms with van der Waals surface area (Å²) in [6, 6.07) is 4.53. The van der Waals surface area contributed by atoms with Gasteiger partial charge in [0.1, 0.15) is 23.1 Å². The molecule has 1 aliphatic rings. The third-order valence-electron chi connectivity index (χ3n) is 3.65. The van der Waals surface area contributed by atoms with E-state index in [1.165, 1.54) is 28.3 Å². The van der Waals surface area contributed by atoms with Gasteiger partial charge in [0.15, 0.2) is 6.79 Å². The van der Waals surface area contributed by atoms with Crippen molar-refractivity contribution in [2.24, 2.45) is 0 Å². The smallest absolute Gasteiger partial charge is 0.348 e. The number of carbonyl (C=O) groups excluding carboxylic acids is 1. The maximum Gasteiger partial charge on any atom is 0.348 e. The summed E-state index contributed by atoms with van der Waals surface area (Å²) in [4.78, 5) is 13.9. The lowest BCUT2D eigenvalue weighted by molar-refractivity contribution is -0.0182. The van der Waals surface area contributed by atoms with E-state index in [2.05, 4.69) is 0 Å². The van der Waals surface area contributed by atoms with Gasteiger partial charge in [0, 0.05) is 16.0 Å². The number of esters is 1. The molecule has 0 unspecified atom stereocenters. The molecule has 0 saturated carbocycles. The van der Waals surface area contributed by atoms with Crippen LogP contribution in [-0.2, 0) is 29.1 Å². The number of hydrogen-bond donors (Lipinski definition) is 0. The second-order valence-electron chi connectivity index (χ2n) is 5.31. The maximum atomic E-state index is 13.7. The maximum absolute atomic E-state index is 13.7. The third-order valence-corrected chi connectivity index (χ3v) is 5.01. The topological polar surface area (TPSA) is 44.8 Å². The lowest BCUT2D eigenvalue weighted by Crippen LogP contribution is -2.14. The van der Waals surface area contributed by atoms with Crippen LogP contribution >= 0.6 is 11.3 Å². The SMILES string of the molecule is CCc1sc(C(=O)OCc2cc(F)cc3c2OCOC3)cc1C. The molecule has 1 aromatic carbocycles. The van der Waals surface area contributed by atoms with Crippen molar-refractivity contribution in [2.75, 3.05) is 6.79 Å². The van der Waals surface area contributed by atoms with Gasteiger partial charge in [-0.1, -0.05) is 6.92 Å². The largest absolute Gasteiger partial charge is 0.467 e. The minimum absolute atomic E-state index is 0.0304. The van der Waals surface area contributed by atoms with Crippen molar-refractivity contribution in [1.82, 2.24) is 0 Å². The van der Waals surface area contributed by atoms with Crippen LogP contribution in [0.15, 0.2) is 18.2 Å². The monoisotopic (exact) mass is 336 g/mol. The van der Waals surface area contributed by atoms with Crippen LogP contribution in [0.2, 0.25) is 0 Å². The Morgan fingerprint density at radius 1 is 1.39 bits per heavy atom. The number of ether oxygens (including phenoxy) is 3. The van der Waals surface area contributed by atoms with Gasteiger partial charge < -0.3 is 14.2 Å². The summed E-state index contributed by atoms with van der Waals surface area (Å²) in [6.45, 7) is 4.40. The highest BCUT2D eigenvalue weighted by molar-refractivity contribution is 7.14. The molecule has 0 aliphatic carbocycles. The Bertz CT molecular complexity index is 738. The summed E-state index contributed by atoms with van der Waals surface area (Å²) >= 11 is 1.43. The number of rotatable bonds is 4. The number of hydrogen-bond acceptors (Lipinski definition) is 5. The number of benzene rings is 1. The van der Waals surface area contributed by atoms with Gasteiger partial charge in [-0.2, -0.15) is 0 Å². The Labute approximate surface area is 137 Å². The Hall–Kier alpha value is -1.92. The molecule has 1 aromatic heterocycles. The van der Waals surface area contributed by atoms with Crippen molar-refractivity contribution in [3.8, 4) is 5.75 Å². The van der Waals surface area contributed by atoms with Gasteiger partial charge in [-0.05, 0) is 37.1 Å². The van der Waals surface area contributed by atoms with Gasteiger partial charge in [0.2, 0.25) is 0 Å². The molecule has 0 bridgehead atoms. The van der Waals surface area contributed by atoms with Gasteiger partial charge in [0.25, 0.3) is 0 Å². The first-order chi connectivity index (χ1) is 11.1. The third kappa shape index (κ3) is 3.38. The van der Waals surface area contributed by atoms with E-state index in [9.17, 15) is 9.18 Å². The molecule has 122 valence electrons. The highest BCUT2D eigenvalue weighted by atomic mass is 32.1. The van der Waals surface area contributed by atoms with Crippen molar-refractivity contribution in [3.63, 3.8) is 0 Å². The first-order valence-electron chi connectivity index (χ1n) is 7.36. The number of aryl methyl sites for hydroxylation is 2. The molecule has 2 aromatic rings. The molecule has 0 N–H and O–H groups in total. The molecule has 4 nitrogen and oxygen atoms in total. The number of halogens is 1. The van der Waals surface area contributed by atoms with Crippen LogP contribution in [0.5, 0.6) is 5.75 Å². The van der Waals surface area contributed by atoms with Crippen molar-refractivity contribution in [1.29, 1.82) is 0 Å². The van der Waals surface area contributed by atoms with E-state index in [4.69, 9.17) is 14.2 Å². The standard InChI is InChI=1S/C17H17FO4S/c1-3-14-10(2)4-15(23-14)17(19)21-8-12-6-13(18)5-11-7-20-9-22-16(11)12/h4-6H,3,7-9H2,1-2H3. The quantitative estimate of drug-likeness (QED) is 0.792. The van der Waals surface area contributed by atoms with Gasteiger partial charge in [-0.15, -0.1) is 11.3 Å². The number of carbonyl (C=O) groups is 1. The molecule has 0 amide bonds. The molecule has 1 aliphatic heterocycles. The second kappa shape index (κ2) is 6.68. The van der Waals surface area contributed by atoms with Crippen LogP contribution < -0.4 is 4.74 Å². The van der Waals surface area contributed by atoms with Crippen LogP contribution in [0.25, 0.3) is 0 Å². The summed E-state index contributed by atoms with van der Waals surface area (Å²) in [6.07, 6.45) is 0.884. The molecule has 0 spiro atoms. The van der Waals surface area contributed by atoms with E-state index >= 15 is 0 Å². The van der Waals surface area contributed by atoms with Gasteiger partial charge in [-0.25, -0.2) is 9.18 Å². The van der Waals surface area contributed by atoms with Crippen molar-refractivity contribution in [2.45, 2.75) is 33.5 Å². The normalized spacial score (nSPS) is 13.3. The van der Waals surface area contributed by atoms with Crippen LogP contribution in [0.1, 0.15) is 38.2 Å². The average molecular weight is 336 g/mol. The molecule has 0 saturated heterocycles. The molecular formula is C17H17FO4S. The predicted octanol–water partition coefficient (Wildman–Crippen LogP) is 3.98. The zero-order valence-electron chi connectivity index (χ0n) is 13.0. The van der Waals surface area contributed by atoms with E-state index in [1.807, 2.05) is 19.9 Å². The molecule has 0 radical (unpaired) electrons. The van der Waals surface area contributed by atoms with Gasteiger partial charge >= 0.3 is 5.97 Å². The Kier molecular flexibility index (Phi) is 4.63. The van der Waals surface area contributed by atoms with E-state index < -0.39 is 11.8 Å². The van der Waals surface area contributed by atoms with E-state index in [-0.39, 0.29) is 20.0 Å². The van der Waals surface area contributed by atoms with Crippen LogP contribution in [0.4, 0.5) is 4.39 Å². The van der Waals surface area contributed by atoms with Crippen LogP contribution in [-0.4, -0.2) is 12.8 Å². The fourth-order valence-electron chi connectivity index (χ4n) is 2.55. The van der Waals surface area contributed by atoms with Crippen molar-refractivity contribution in [3.05, 3.63) is 50.5 Å². The highest BCUT2D eigenvalue weighted by Gasteiger charge is 2.19. The first-order valence-corrected chi connectivity index (χ1v) is 8.18. The zero-order valence-corrected chi connectivity index (χ0v) is 13.8. The summed E-state index contributed by atoms with van der Waals surface area (Å²) in [5.74, 6) is -0.255. The Morgan fingerprint density at radius 2 is 2.22 bits per heavy atom. The summed E-state index contributed by atoms with van der Waals surface area (Å²) in [5, 5.41) is 0. The van der Waals surface area contributed by atoms with Gasteiger partial charge in [-0.3, -0.25) is 0 Å². The summed E-state index contributed by atoms with van der Waals surface area (Å²) < 4.78 is 29.5. The first kappa shape index (κ1) is 16.0. The fourth-order valence-corrected chi connectivity index (χ4v) is 3.56. The number of thiophene rings is 1. The van der Waals surface area contributed by atoms with Gasteiger partial charge in [0.05, 0.1) is 6.61 Å². The predicted molar refractivity (Wildman–Crippen MR) is 84.2 cm³/mol. The second-order valence-corrected chi connectivity index (χ2v) is 6.45. The lowest BCUT2D eigenvalue weighted by Gasteiger charge is -2.20. The van der Waals surface area contributed by atoms with Crippen molar-refractivity contribution < 1.29 is 23.4 Å². The fraction of sp³-hybridized carbons (Fsp3) is 0.353. The molecular weight excluding hydrogens is 319 g/mol. The van der Waals surface area contributed by atoms with Crippen LogP contribution in [0.3, 0.4) is 0 Å².